The van der Waals surface area contributed by atoms with Crippen LogP contribution in [0.15, 0.2) is 42.6 Å². The second-order valence-electron chi connectivity index (χ2n) is 3.74. The fraction of sp³-hybridized carbons (Fsp3) is 0.154. The molecular weight excluding hydrogens is 236 g/mol. The quantitative estimate of drug-likeness (QED) is 0.877. The highest BCUT2D eigenvalue weighted by molar-refractivity contribution is 6.33. The summed E-state index contributed by atoms with van der Waals surface area (Å²) in [6.45, 7) is -0.0940. The number of benzene rings is 1. The van der Waals surface area contributed by atoms with Crippen molar-refractivity contribution in [1.29, 1.82) is 0 Å². The minimum Gasteiger partial charge on any atom is -0.394 e. The number of nitrogens with two attached hydrogens (primary N) is 1. The van der Waals surface area contributed by atoms with Gasteiger partial charge < -0.3 is 10.8 Å². The number of hydrogen-bond donors (Lipinski definition) is 2. The van der Waals surface area contributed by atoms with E-state index in [-0.39, 0.29) is 6.61 Å². The molecule has 3 N–H and O–H groups in total. The summed E-state index contributed by atoms with van der Waals surface area (Å²) in [6.07, 6.45) is 1.71. The Morgan fingerprint density at radius 2 is 2.12 bits per heavy atom. The molecule has 0 saturated carbocycles. The standard InChI is InChI=1S/C13H13ClN2O/c14-11-5-4-9(12(15)8-17)7-10(11)13-3-1-2-6-16-13/h1-7,12,17H,8,15H2. The van der Waals surface area contributed by atoms with Crippen molar-refractivity contribution >= 4 is 11.6 Å². The van der Waals surface area contributed by atoms with Gasteiger partial charge in [-0.15, -0.1) is 0 Å². The third-order valence-corrected chi connectivity index (χ3v) is 2.89. The average molecular weight is 249 g/mol. The summed E-state index contributed by atoms with van der Waals surface area (Å²) in [4.78, 5) is 4.25. The minimum absolute atomic E-state index is 0.0940. The summed E-state index contributed by atoms with van der Waals surface area (Å²) in [6, 6.07) is 10.7. The van der Waals surface area contributed by atoms with Gasteiger partial charge in [-0.3, -0.25) is 4.98 Å². The van der Waals surface area contributed by atoms with E-state index < -0.39 is 6.04 Å². The van der Waals surface area contributed by atoms with Gasteiger partial charge in [-0.25, -0.2) is 0 Å². The van der Waals surface area contributed by atoms with Crippen LogP contribution in [0.3, 0.4) is 0 Å². The first-order chi connectivity index (χ1) is 8.22. The molecule has 1 heterocycles. The number of hydrogen-bond acceptors (Lipinski definition) is 3. The van der Waals surface area contributed by atoms with Gasteiger partial charge in [0.2, 0.25) is 0 Å². The molecule has 0 saturated heterocycles. The largest absolute Gasteiger partial charge is 0.394 e. The van der Waals surface area contributed by atoms with Gasteiger partial charge in [0.1, 0.15) is 0 Å². The van der Waals surface area contributed by atoms with E-state index in [1.807, 2.05) is 30.3 Å². The molecular formula is C13H13ClN2O. The van der Waals surface area contributed by atoms with Crippen LogP contribution in [-0.4, -0.2) is 16.7 Å². The first-order valence-electron chi connectivity index (χ1n) is 5.29. The number of rotatable bonds is 3. The van der Waals surface area contributed by atoms with Crippen LogP contribution in [0.5, 0.6) is 0 Å². The maximum atomic E-state index is 9.05. The van der Waals surface area contributed by atoms with Crippen LogP contribution < -0.4 is 5.73 Å². The predicted octanol–water partition coefficient (Wildman–Crippen LogP) is 2.39. The SMILES string of the molecule is NC(CO)c1ccc(Cl)c(-c2ccccn2)c1. The van der Waals surface area contributed by atoms with E-state index in [4.69, 9.17) is 22.4 Å². The van der Waals surface area contributed by atoms with Crippen LogP contribution in [0.25, 0.3) is 11.3 Å². The lowest BCUT2D eigenvalue weighted by Crippen LogP contribution is -2.14. The van der Waals surface area contributed by atoms with E-state index in [0.717, 1.165) is 16.8 Å². The summed E-state index contributed by atoms with van der Waals surface area (Å²) >= 11 is 6.14. The van der Waals surface area contributed by atoms with Crippen molar-refractivity contribution in [3.63, 3.8) is 0 Å². The summed E-state index contributed by atoms with van der Waals surface area (Å²) in [5.74, 6) is 0. The molecule has 0 bridgehead atoms. The third kappa shape index (κ3) is 2.64. The zero-order chi connectivity index (χ0) is 12.3. The van der Waals surface area contributed by atoms with Gasteiger partial charge in [-0.1, -0.05) is 23.7 Å². The van der Waals surface area contributed by atoms with E-state index in [1.165, 1.54) is 0 Å². The number of aliphatic hydroxyl groups is 1. The van der Waals surface area contributed by atoms with Crippen LogP contribution in [0.4, 0.5) is 0 Å². The summed E-state index contributed by atoms with van der Waals surface area (Å²) in [7, 11) is 0. The van der Waals surface area contributed by atoms with E-state index in [1.54, 1.807) is 12.3 Å². The van der Waals surface area contributed by atoms with Crippen LogP contribution in [0.1, 0.15) is 11.6 Å². The molecule has 0 aliphatic rings. The highest BCUT2D eigenvalue weighted by atomic mass is 35.5. The highest BCUT2D eigenvalue weighted by Gasteiger charge is 2.09. The van der Waals surface area contributed by atoms with Crippen molar-refractivity contribution in [2.75, 3.05) is 6.61 Å². The maximum absolute atomic E-state index is 9.05. The van der Waals surface area contributed by atoms with E-state index >= 15 is 0 Å². The second-order valence-corrected chi connectivity index (χ2v) is 4.15. The van der Waals surface area contributed by atoms with Crippen LogP contribution >= 0.6 is 11.6 Å². The summed E-state index contributed by atoms with van der Waals surface area (Å²) in [5.41, 5.74) is 8.25. The molecule has 17 heavy (non-hydrogen) atoms. The van der Waals surface area contributed by atoms with Crippen LogP contribution in [0.2, 0.25) is 5.02 Å². The second kappa shape index (κ2) is 5.27. The van der Waals surface area contributed by atoms with E-state index in [9.17, 15) is 0 Å². The molecule has 1 aromatic heterocycles. The number of pyridine rings is 1. The van der Waals surface area contributed by atoms with Crippen molar-refractivity contribution < 1.29 is 5.11 Å². The monoisotopic (exact) mass is 248 g/mol. The molecule has 2 rings (SSSR count). The highest BCUT2D eigenvalue weighted by Crippen LogP contribution is 2.28. The predicted molar refractivity (Wildman–Crippen MR) is 68.7 cm³/mol. The Labute approximate surface area is 105 Å². The zero-order valence-electron chi connectivity index (χ0n) is 9.18. The van der Waals surface area contributed by atoms with Crippen LogP contribution in [0, 0.1) is 0 Å². The van der Waals surface area contributed by atoms with Gasteiger partial charge in [0.25, 0.3) is 0 Å². The molecule has 4 heteroatoms. The number of halogens is 1. The van der Waals surface area contributed by atoms with Crippen LogP contribution in [-0.2, 0) is 0 Å². The molecule has 1 unspecified atom stereocenters. The molecule has 1 atom stereocenters. The molecule has 0 spiro atoms. The Morgan fingerprint density at radius 3 is 2.76 bits per heavy atom. The lowest BCUT2D eigenvalue weighted by molar-refractivity contribution is 0.268. The third-order valence-electron chi connectivity index (χ3n) is 2.56. The minimum atomic E-state index is -0.394. The van der Waals surface area contributed by atoms with Crippen molar-refractivity contribution in [3.05, 3.63) is 53.2 Å². The fourth-order valence-corrected chi connectivity index (χ4v) is 1.81. The first kappa shape index (κ1) is 12.0. The van der Waals surface area contributed by atoms with Crippen molar-refractivity contribution in [1.82, 2.24) is 4.98 Å². The molecule has 0 aliphatic carbocycles. The number of aliphatic hydroxyl groups excluding tert-OH is 1. The topological polar surface area (TPSA) is 59.1 Å². The van der Waals surface area contributed by atoms with Crippen molar-refractivity contribution in [3.8, 4) is 11.3 Å². The molecule has 0 amide bonds. The van der Waals surface area contributed by atoms with Gasteiger partial charge in [0, 0.05) is 16.8 Å². The van der Waals surface area contributed by atoms with Gasteiger partial charge >= 0.3 is 0 Å². The molecule has 1 aromatic carbocycles. The van der Waals surface area contributed by atoms with Crippen molar-refractivity contribution in [2.45, 2.75) is 6.04 Å². The van der Waals surface area contributed by atoms with Gasteiger partial charge in [0.15, 0.2) is 0 Å². The van der Waals surface area contributed by atoms with E-state index in [0.29, 0.717) is 5.02 Å². The molecule has 0 fully saturated rings. The van der Waals surface area contributed by atoms with Crippen molar-refractivity contribution in [2.24, 2.45) is 5.73 Å². The fourth-order valence-electron chi connectivity index (χ4n) is 1.60. The normalized spacial score (nSPS) is 12.4. The Hall–Kier alpha value is -1.42. The average Bonchev–Trinajstić information content (AvgIpc) is 2.39. The molecule has 2 aromatic rings. The lowest BCUT2D eigenvalue weighted by atomic mass is 10.0. The first-order valence-corrected chi connectivity index (χ1v) is 5.67. The molecule has 0 aliphatic heterocycles. The van der Waals surface area contributed by atoms with Gasteiger partial charge in [-0.05, 0) is 29.8 Å². The summed E-state index contributed by atoms with van der Waals surface area (Å²) in [5, 5.41) is 9.67. The Balaban J connectivity index is 2.47. The lowest BCUT2D eigenvalue weighted by Gasteiger charge is -2.11. The number of aromatic nitrogens is 1. The molecule has 0 radical (unpaired) electrons. The Bertz CT molecular complexity index is 502. The van der Waals surface area contributed by atoms with Gasteiger partial charge in [0.05, 0.1) is 18.3 Å². The van der Waals surface area contributed by atoms with E-state index in [2.05, 4.69) is 4.98 Å². The Morgan fingerprint density at radius 1 is 1.29 bits per heavy atom. The molecule has 88 valence electrons. The number of nitrogens with zero attached hydrogens (tertiary/aromatic N) is 1. The smallest absolute Gasteiger partial charge is 0.0717 e. The Kier molecular flexibility index (Phi) is 3.74. The van der Waals surface area contributed by atoms with Gasteiger partial charge in [-0.2, -0.15) is 0 Å². The molecule has 3 nitrogen and oxygen atoms in total. The maximum Gasteiger partial charge on any atom is 0.0717 e. The zero-order valence-corrected chi connectivity index (χ0v) is 9.93. The summed E-state index contributed by atoms with van der Waals surface area (Å²) < 4.78 is 0.